The van der Waals surface area contributed by atoms with Gasteiger partial charge in [0.25, 0.3) is 0 Å². The van der Waals surface area contributed by atoms with Crippen molar-refractivity contribution in [3.63, 3.8) is 0 Å². The van der Waals surface area contributed by atoms with Crippen molar-refractivity contribution in [1.29, 1.82) is 0 Å². The number of anilines is 2. The van der Waals surface area contributed by atoms with Crippen molar-refractivity contribution in [2.45, 2.75) is 46.5 Å². The van der Waals surface area contributed by atoms with E-state index < -0.39 is 0 Å². The Morgan fingerprint density at radius 1 is 1.19 bits per heavy atom. The van der Waals surface area contributed by atoms with Crippen molar-refractivity contribution < 1.29 is 4.79 Å². The van der Waals surface area contributed by atoms with Crippen LogP contribution in [0.15, 0.2) is 24.3 Å². The third-order valence-corrected chi connectivity index (χ3v) is 4.32. The molecule has 0 heterocycles. The number of carbonyl (C=O) groups excluding carboxylic acids is 1. The monoisotopic (exact) mass is 288 g/mol. The topological polar surface area (TPSA) is 41.1 Å². The summed E-state index contributed by atoms with van der Waals surface area (Å²) in [6, 6.07) is 8.02. The summed E-state index contributed by atoms with van der Waals surface area (Å²) in [7, 11) is 0. The van der Waals surface area contributed by atoms with Crippen LogP contribution >= 0.6 is 0 Å². The smallest absolute Gasteiger partial charge is 0.226 e. The van der Waals surface area contributed by atoms with Gasteiger partial charge >= 0.3 is 0 Å². The number of nitrogens with one attached hydrogen (secondary N) is 2. The molecule has 2 rings (SSSR count). The van der Waals surface area contributed by atoms with E-state index in [2.05, 4.69) is 17.6 Å². The maximum atomic E-state index is 11.6. The molecular weight excluding hydrogens is 260 g/mol. The zero-order valence-corrected chi connectivity index (χ0v) is 13.5. The van der Waals surface area contributed by atoms with E-state index in [4.69, 9.17) is 0 Å². The van der Waals surface area contributed by atoms with Crippen LogP contribution in [0.5, 0.6) is 0 Å². The first-order valence-corrected chi connectivity index (χ1v) is 8.19. The second-order valence-corrected chi connectivity index (χ2v) is 6.74. The van der Waals surface area contributed by atoms with Gasteiger partial charge in [-0.05, 0) is 48.9 Å². The number of carbonyl (C=O) groups is 1. The molecule has 0 aromatic heterocycles. The molecule has 2 unspecified atom stereocenters. The van der Waals surface area contributed by atoms with Crippen LogP contribution < -0.4 is 10.6 Å². The highest BCUT2D eigenvalue weighted by atomic mass is 16.1. The van der Waals surface area contributed by atoms with Crippen LogP contribution in [0.3, 0.4) is 0 Å². The molecule has 0 aliphatic heterocycles. The fourth-order valence-electron chi connectivity index (χ4n) is 2.97. The minimum absolute atomic E-state index is 0.0103. The number of benzene rings is 1. The summed E-state index contributed by atoms with van der Waals surface area (Å²) in [4.78, 5) is 11.6. The van der Waals surface area contributed by atoms with Gasteiger partial charge in [-0.3, -0.25) is 4.79 Å². The highest BCUT2D eigenvalue weighted by molar-refractivity contribution is 5.92. The lowest BCUT2D eigenvalue weighted by Crippen LogP contribution is -2.21. The Hall–Kier alpha value is -1.51. The number of hydrogen-bond acceptors (Lipinski definition) is 2. The van der Waals surface area contributed by atoms with Crippen molar-refractivity contribution in [3.8, 4) is 0 Å². The van der Waals surface area contributed by atoms with Gasteiger partial charge in [-0.15, -0.1) is 0 Å². The highest BCUT2D eigenvalue weighted by Gasteiger charge is 2.18. The van der Waals surface area contributed by atoms with Crippen molar-refractivity contribution in [1.82, 2.24) is 0 Å². The zero-order valence-electron chi connectivity index (χ0n) is 13.5. The molecular formula is C18H28N2O. The summed E-state index contributed by atoms with van der Waals surface area (Å²) in [5, 5.41) is 6.44. The van der Waals surface area contributed by atoms with Crippen LogP contribution in [0, 0.1) is 17.8 Å². The van der Waals surface area contributed by atoms with E-state index in [1.165, 1.54) is 25.7 Å². The Bertz CT molecular complexity index is 453. The molecule has 3 nitrogen and oxygen atoms in total. The van der Waals surface area contributed by atoms with Gasteiger partial charge in [-0.1, -0.05) is 33.6 Å². The minimum atomic E-state index is 0.0103. The predicted molar refractivity (Wildman–Crippen MR) is 89.5 cm³/mol. The maximum absolute atomic E-state index is 11.6. The molecule has 116 valence electrons. The first-order valence-electron chi connectivity index (χ1n) is 8.19. The molecule has 21 heavy (non-hydrogen) atoms. The molecule has 1 saturated carbocycles. The van der Waals surface area contributed by atoms with Crippen molar-refractivity contribution >= 4 is 17.3 Å². The Morgan fingerprint density at radius 3 is 2.48 bits per heavy atom. The standard InChI is InChI=1S/C18H28N2O/c1-13(2)18(21)20-17-9-7-16(8-10-17)19-12-15-6-4-5-14(3)11-15/h7-10,13-15,19H,4-6,11-12H2,1-3H3,(H,20,21). The van der Waals surface area contributed by atoms with E-state index in [-0.39, 0.29) is 11.8 Å². The molecule has 2 atom stereocenters. The third kappa shape index (κ3) is 5.07. The highest BCUT2D eigenvalue weighted by Crippen LogP contribution is 2.28. The quantitative estimate of drug-likeness (QED) is 0.836. The van der Waals surface area contributed by atoms with Crippen LogP contribution in [0.1, 0.15) is 46.5 Å². The molecule has 1 aliphatic carbocycles. The first-order chi connectivity index (χ1) is 10.0. The summed E-state index contributed by atoms with van der Waals surface area (Å²) in [5.41, 5.74) is 2.00. The Balaban J connectivity index is 1.80. The summed E-state index contributed by atoms with van der Waals surface area (Å²) < 4.78 is 0. The molecule has 1 aromatic rings. The lowest BCUT2D eigenvalue weighted by molar-refractivity contribution is -0.118. The van der Waals surface area contributed by atoms with Gasteiger partial charge < -0.3 is 10.6 Å². The summed E-state index contributed by atoms with van der Waals surface area (Å²) in [5.74, 6) is 1.75. The average molecular weight is 288 g/mol. The Labute approximate surface area is 128 Å². The first kappa shape index (κ1) is 15.9. The summed E-state index contributed by atoms with van der Waals surface area (Å²) in [6.07, 6.45) is 5.45. The molecule has 1 fully saturated rings. The Morgan fingerprint density at radius 2 is 1.86 bits per heavy atom. The molecule has 1 aromatic carbocycles. The van der Waals surface area contributed by atoms with Crippen LogP contribution in [-0.2, 0) is 4.79 Å². The average Bonchev–Trinajstić information content (AvgIpc) is 2.46. The second-order valence-electron chi connectivity index (χ2n) is 6.74. The second kappa shape index (κ2) is 7.48. The largest absolute Gasteiger partial charge is 0.385 e. The molecule has 0 radical (unpaired) electrons. The molecule has 1 amide bonds. The summed E-state index contributed by atoms with van der Waals surface area (Å²) >= 11 is 0. The van der Waals surface area contributed by atoms with E-state index in [1.54, 1.807) is 0 Å². The number of hydrogen-bond donors (Lipinski definition) is 2. The van der Waals surface area contributed by atoms with E-state index in [1.807, 2.05) is 38.1 Å². The lowest BCUT2D eigenvalue weighted by atomic mass is 9.82. The SMILES string of the molecule is CC1CCCC(CNc2ccc(NC(=O)C(C)C)cc2)C1. The molecule has 0 spiro atoms. The van der Waals surface area contributed by atoms with Gasteiger partial charge in [0.2, 0.25) is 5.91 Å². The van der Waals surface area contributed by atoms with Crippen molar-refractivity contribution in [2.24, 2.45) is 17.8 Å². The van der Waals surface area contributed by atoms with Gasteiger partial charge in [0.05, 0.1) is 0 Å². The third-order valence-electron chi connectivity index (χ3n) is 4.32. The number of amides is 1. The molecule has 3 heteroatoms. The molecule has 0 bridgehead atoms. The van der Waals surface area contributed by atoms with Crippen LogP contribution in [0.4, 0.5) is 11.4 Å². The maximum Gasteiger partial charge on any atom is 0.226 e. The van der Waals surface area contributed by atoms with Crippen molar-refractivity contribution in [2.75, 3.05) is 17.2 Å². The number of rotatable bonds is 5. The van der Waals surface area contributed by atoms with E-state index in [0.29, 0.717) is 0 Å². The fourth-order valence-corrected chi connectivity index (χ4v) is 2.97. The van der Waals surface area contributed by atoms with Gasteiger partial charge in [0, 0.05) is 23.8 Å². The van der Waals surface area contributed by atoms with E-state index in [9.17, 15) is 4.79 Å². The van der Waals surface area contributed by atoms with Gasteiger partial charge in [-0.2, -0.15) is 0 Å². The van der Waals surface area contributed by atoms with Gasteiger partial charge in [0.15, 0.2) is 0 Å². The van der Waals surface area contributed by atoms with E-state index >= 15 is 0 Å². The minimum Gasteiger partial charge on any atom is -0.385 e. The van der Waals surface area contributed by atoms with Crippen LogP contribution in [0.25, 0.3) is 0 Å². The van der Waals surface area contributed by atoms with Gasteiger partial charge in [0.1, 0.15) is 0 Å². The normalized spacial score (nSPS) is 22.1. The zero-order chi connectivity index (χ0) is 15.2. The molecule has 1 aliphatic rings. The predicted octanol–water partition coefficient (Wildman–Crippen LogP) is 4.52. The van der Waals surface area contributed by atoms with Crippen LogP contribution in [-0.4, -0.2) is 12.5 Å². The van der Waals surface area contributed by atoms with E-state index in [0.717, 1.165) is 29.8 Å². The van der Waals surface area contributed by atoms with Crippen LogP contribution in [0.2, 0.25) is 0 Å². The molecule has 0 saturated heterocycles. The lowest BCUT2D eigenvalue weighted by Gasteiger charge is -2.27. The Kier molecular flexibility index (Phi) is 5.66. The van der Waals surface area contributed by atoms with Crippen molar-refractivity contribution in [3.05, 3.63) is 24.3 Å². The fraction of sp³-hybridized carbons (Fsp3) is 0.611. The summed E-state index contributed by atoms with van der Waals surface area (Å²) in [6.45, 7) is 7.22. The van der Waals surface area contributed by atoms with Gasteiger partial charge in [-0.25, -0.2) is 0 Å². The molecule has 2 N–H and O–H groups in total.